The lowest BCUT2D eigenvalue weighted by Gasteiger charge is -2.01. The van der Waals surface area contributed by atoms with Crippen LogP contribution >= 0.6 is 0 Å². The molecule has 5 heteroatoms. The molecule has 0 unspecified atom stereocenters. The van der Waals surface area contributed by atoms with Crippen molar-refractivity contribution in [2.75, 3.05) is 12.4 Å². The Morgan fingerprint density at radius 3 is 2.87 bits per heavy atom. The third-order valence-corrected chi connectivity index (χ3v) is 3.31. The molecule has 23 heavy (non-hydrogen) atoms. The molecule has 0 bridgehead atoms. The third kappa shape index (κ3) is 3.84. The van der Waals surface area contributed by atoms with Crippen LogP contribution in [0.25, 0.3) is 17.1 Å². The van der Waals surface area contributed by atoms with Gasteiger partial charge in [0.1, 0.15) is 12.4 Å². The molecule has 0 saturated heterocycles. The summed E-state index contributed by atoms with van der Waals surface area (Å²) in [6.45, 7) is 0.427. The largest absolute Gasteiger partial charge is 0.377 e. The van der Waals surface area contributed by atoms with Gasteiger partial charge in [-0.3, -0.25) is 4.79 Å². The molecule has 0 saturated carbocycles. The molecule has 1 heterocycles. The number of aromatic amines is 1. The van der Waals surface area contributed by atoms with Gasteiger partial charge < -0.3 is 15.0 Å². The summed E-state index contributed by atoms with van der Waals surface area (Å²) in [5, 5.41) is 2.84. The number of carbonyl (C=O) groups excluding carboxylic acids is 1. The van der Waals surface area contributed by atoms with Crippen molar-refractivity contribution in [2.24, 2.45) is 0 Å². The fourth-order valence-electron chi connectivity index (χ4n) is 2.27. The van der Waals surface area contributed by atoms with Gasteiger partial charge in [-0.15, -0.1) is 0 Å². The number of hydrogen-bond donors (Lipinski definition) is 2. The van der Waals surface area contributed by atoms with E-state index in [4.69, 9.17) is 4.74 Å². The fourth-order valence-corrected chi connectivity index (χ4v) is 2.27. The number of fused-ring (bicyclic) bond motifs is 1. The van der Waals surface area contributed by atoms with Crippen LogP contribution in [-0.4, -0.2) is 23.0 Å². The van der Waals surface area contributed by atoms with E-state index < -0.39 is 0 Å². The van der Waals surface area contributed by atoms with Crippen LogP contribution in [0.5, 0.6) is 0 Å². The first-order chi connectivity index (χ1) is 11.2. The summed E-state index contributed by atoms with van der Waals surface area (Å²) in [6, 6.07) is 15.2. The molecule has 0 atom stereocenters. The number of carbonyl (C=O) groups is 1. The van der Waals surface area contributed by atoms with Gasteiger partial charge in [-0.2, -0.15) is 0 Å². The molecular weight excluding hydrogens is 290 g/mol. The van der Waals surface area contributed by atoms with Crippen molar-refractivity contribution in [1.82, 2.24) is 9.97 Å². The van der Waals surface area contributed by atoms with Gasteiger partial charge in [-0.25, -0.2) is 4.98 Å². The topological polar surface area (TPSA) is 67.0 Å². The van der Waals surface area contributed by atoms with E-state index in [0.29, 0.717) is 12.3 Å². The van der Waals surface area contributed by atoms with Gasteiger partial charge in [0.25, 0.3) is 0 Å². The molecule has 3 aromatic rings. The summed E-state index contributed by atoms with van der Waals surface area (Å²) in [5.41, 5.74) is 3.40. The lowest BCUT2D eigenvalue weighted by Crippen LogP contribution is -2.07. The minimum absolute atomic E-state index is 0.176. The summed E-state index contributed by atoms with van der Waals surface area (Å²) < 4.78 is 5.05. The SMILES string of the molecule is COCc1nc2ccc(NC(=O)/C=C/c3ccccc3)cc2[nH]1. The Hall–Kier alpha value is -2.92. The summed E-state index contributed by atoms with van der Waals surface area (Å²) >= 11 is 0. The molecule has 0 aliphatic heterocycles. The minimum atomic E-state index is -0.176. The maximum atomic E-state index is 12.0. The lowest BCUT2D eigenvalue weighted by molar-refractivity contribution is -0.111. The number of amides is 1. The number of H-pyrrole nitrogens is 1. The molecule has 116 valence electrons. The number of nitrogens with one attached hydrogen (secondary N) is 2. The van der Waals surface area contributed by atoms with Crippen molar-refractivity contribution in [3.05, 3.63) is 66.0 Å². The maximum Gasteiger partial charge on any atom is 0.248 e. The van der Waals surface area contributed by atoms with Gasteiger partial charge in [0.2, 0.25) is 5.91 Å². The highest BCUT2D eigenvalue weighted by atomic mass is 16.5. The second kappa shape index (κ2) is 6.89. The first-order valence-electron chi connectivity index (χ1n) is 7.26. The quantitative estimate of drug-likeness (QED) is 0.710. The number of methoxy groups -OCH3 is 1. The molecule has 2 aromatic carbocycles. The van der Waals surface area contributed by atoms with Gasteiger partial charge >= 0.3 is 0 Å². The molecule has 0 spiro atoms. The summed E-state index contributed by atoms with van der Waals surface area (Å²) in [4.78, 5) is 19.5. The number of benzene rings is 2. The molecule has 0 aliphatic carbocycles. The van der Waals surface area contributed by atoms with Crippen molar-refractivity contribution in [3.63, 3.8) is 0 Å². The van der Waals surface area contributed by atoms with E-state index in [0.717, 1.165) is 22.4 Å². The van der Waals surface area contributed by atoms with Crippen molar-refractivity contribution in [3.8, 4) is 0 Å². The zero-order chi connectivity index (χ0) is 16.1. The van der Waals surface area contributed by atoms with Crippen LogP contribution in [0.15, 0.2) is 54.6 Å². The van der Waals surface area contributed by atoms with Crippen molar-refractivity contribution in [1.29, 1.82) is 0 Å². The molecular formula is C18H17N3O2. The Balaban J connectivity index is 1.70. The van der Waals surface area contributed by atoms with Crippen LogP contribution < -0.4 is 5.32 Å². The normalized spacial score (nSPS) is 11.2. The number of imidazole rings is 1. The zero-order valence-corrected chi connectivity index (χ0v) is 12.7. The van der Waals surface area contributed by atoms with Gasteiger partial charge in [-0.1, -0.05) is 30.3 Å². The highest BCUT2D eigenvalue weighted by molar-refractivity contribution is 6.02. The van der Waals surface area contributed by atoms with Crippen molar-refractivity contribution >= 4 is 28.7 Å². The van der Waals surface area contributed by atoms with E-state index in [9.17, 15) is 4.79 Å². The standard InChI is InChI=1S/C18H17N3O2/c1-23-12-17-20-15-9-8-14(11-16(15)21-17)19-18(22)10-7-13-5-3-2-4-6-13/h2-11H,12H2,1H3,(H,19,22)(H,20,21)/b10-7+. The van der Waals surface area contributed by atoms with Crippen molar-refractivity contribution in [2.45, 2.75) is 6.61 Å². The number of anilines is 1. The van der Waals surface area contributed by atoms with E-state index in [1.807, 2.05) is 48.5 Å². The highest BCUT2D eigenvalue weighted by Gasteiger charge is 2.04. The van der Waals surface area contributed by atoms with E-state index >= 15 is 0 Å². The number of rotatable bonds is 5. The smallest absolute Gasteiger partial charge is 0.248 e. The van der Waals surface area contributed by atoms with Gasteiger partial charge in [-0.05, 0) is 29.8 Å². The van der Waals surface area contributed by atoms with Gasteiger partial charge in [0, 0.05) is 18.9 Å². The van der Waals surface area contributed by atoms with Crippen molar-refractivity contribution < 1.29 is 9.53 Å². The van der Waals surface area contributed by atoms with E-state index in [2.05, 4.69) is 15.3 Å². The highest BCUT2D eigenvalue weighted by Crippen LogP contribution is 2.17. The van der Waals surface area contributed by atoms with Crippen LogP contribution in [0.1, 0.15) is 11.4 Å². The Morgan fingerprint density at radius 1 is 1.26 bits per heavy atom. The first-order valence-corrected chi connectivity index (χ1v) is 7.26. The second-order valence-electron chi connectivity index (χ2n) is 5.08. The molecule has 3 rings (SSSR count). The molecule has 5 nitrogen and oxygen atoms in total. The second-order valence-corrected chi connectivity index (χ2v) is 5.08. The minimum Gasteiger partial charge on any atom is -0.377 e. The number of hydrogen-bond acceptors (Lipinski definition) is 3. The molecule has 0 aliphatic rings. The monoisotopic (exact) mass is 307 g/mol. The van der Waals surface area contributed by atoms with Crippen LogP contribution in [0.4, 0.5) is 5.69 Å². The van der Waals surface area contributed by atoms with Gasteiger partial charge in [0.15, 0.2) is 0 Å². The van der Waals surface area contributed by atoms with Crippen LogP contribution in [-0.2, 0) is 16.1 Å². The van der Waals surface area contributed by atoms with Crippen LogP contribution in [0, 0.1) is 0 Å². The number of ether oxygens (including phenoxy) is 1. The Bertz CT molecular complexity index is 838. The predicted molar refractivity (Wildman–Crippen MR) is 90.9 cm³/mol. The first kappa shape index (κ1) is 15.0. The van der Waals surface area contributed by atoms with E-state index in [1.54, 1.807) is 13.2 Å². The zero-order valence-electron chi connectivity index (χ0n) is 12.7. The molecule has 0 radical (unpaired) electrons. The summed E-state index contributed by atoms with van der Waals surface area (Å²) in [5.74, 6) is 0.583. The average Bonchev–Trinajstić information content (AvgIpc) is 2.96. The van der Waals surface area contributed by atoms with Crippen LogP contribution in [0.2, 0.25) is 0 Å². The van der Waals surface area contributed by atoms with Gasteiger partial charge in [0.05, 0.1) is 11.0 Å². The third-order valence-electron chi connectivity index (χ3n) is 3.31. The maximum absolute atomic E-state index is 12.0. The molecule has 2 N–H and O–H groups in total. The van der Waals surface area contributed by atoms with E-state index in [-0.39, 0.29) is 5.91 Å². The van der Waals surface area contributed by atoms with E-state index in [1.165, 1.54) is 6.08 Å². The molecule has 0 fully saturated rings. The fraction of sp³-hybridized carbons (Fsp3) is 0.111. The Morgan fingerprint density at radius 2 is 2.09 bits per heavy atom. The predicted octanol–water partition coefficient (Wildman–Crippen LogP) is 3.36. The van der Waals surface area contributed by atoms with Crippen LogP contribution in [0.3, 0.4) is 0 Å². The Labute approximate surface area is 134 Å². The summed E-state index contributed by atoms with van der Waals surface area (Å²) in [7, 11) is 1.62. The average molecular weight is 307 g/mol. The summed E-state index contributed by atoms with van der Waals surface area (Å²) in [6.07, 6.45) is 3.30. The molecule has 1 amide bonds. The Kier molecular flexibility index (Phi) is 4.49. The number of nitrogens with zero attached hydrogens (tertiary/aromatic N) is 1. The molecule has 1 aromatic heterocycles. The lowest BCUT2D eigenvalue weighted by atomic mass is 10.2. The number of aromatic nitrogens is 2.